The zero-order valence-electron chi connectivity index (χ0n) is 9.18. The summed E-state index contributed by atoms with van der Waals surface area (Å²) in [5.41, 5.74) is -0.566. The third-order valence-electron chi connectivity index (χ3n) is 2.48. The first kappa shape index (κ1) is 12.6. The smallest absolute Gasteiger partial charge is 0.328 e. The summed E-state index contributed by atoms with van der Waals surface area (Å²) in [6.07, 6.45) is 3.64. The third kappa shape index (κ3) is 2.77. The van der Waals surface area contributed by atoms with Crippen molar-refractivity contribution in [3.63, 3.8) is 0 Å². The van der Waals surface area contributed by atoms with E-state index in [1.165, 1.54) is 6.20 Å². The number of aromatic nitrogens is 1. The van der Waals surface area contributed by atoms with Crippen LogP contribution in [0, 0.1) is 0 Å². The van der Waals surface area contributed by atoms with Gasteiger partial charge in [-0.1, -0.05) is 6.07 Å². The van der Waals surface area contributed by atoms with Crippen LogP contribution in [0.5, 0.6) is 0 Å². The molecule has 0 saturated heterocycles. The van der Waals surface area contributed by atoms with E-state index in [4.69, 9.17) is 5.11 Å². The third-order valence-corrected chi connectivity index (χ3v) is 2.48. The molecule has 0 fully saturated rings. The van der Waals surface area contributed by atoms with Crippen LogP contribution in [0.2, 0.25) is 0 Å². The molecule has 16 heavy (non-hydrogen) atoms. The molecule has 0 aliphatic rings. The molecular formula is C11H16N2O3. The van der Waals surface area contributed by atoms with Gasteiger partial charge in [0.05, 0.1) is 0 Å². The van der Waals surface area contributed by atoms with E-state index in [0.29, 0.717) is 18.5 Å². The highest BCUT2D eigenvalue weighted by molar-refractivity contribution is 5.80. The second kappa shape index (κ2) is 5.58. The van der Waals surface area contributed by atoms with Crippen molar-refractivity contribution in [1.82, 2.24) is 10.3 Å². The molecular weight excluding hydrogens is 208 g/mol. The van der Waals surface area contributed by atoms with Crippen molar-refractivity contribution in [2.24, 2.45) is 0 Å². The van der Waals surface area contributed by atoms with Crippen LogP contribution < -0.4 is 5.32 Å². The molecule has 88 valence electrons. The number of carboxylic acid groups (broad SMARTS) is 1. The fraction of sp³-hybridized carbons (Fsp3) is 0.455. The summed E-state index contributed by atoms with van der Waals surface area (Å²) in [6.45, 7) is 2.06. The molecule has 1 aromatic heterocycles. The lowest BCUT2D eigenvalue weighted by molar-refractivity contribution is -0.144. The quantitative estimate of drug-likeness (QED) is 0.607. The van der Waals surface area contributed by atoms with Crippen molar-refractivity contribution in [2.45, 2.75) is 18.9 Å². The van der Waals surface area contributed by atoms with E-state index < -0.39 is 11.5 Å². The maximum atomic E-state index is 11.3. The fourth-order valence-electron chi connectivity index (χ4n) is 1.38. The van der Waals surface area contributed by atoms with Crippen LogP contribution in [0.1, 0.15) is 18.9 Å². The van der Waals surface area contributed by atoms with Crippen molar-refractivity contribution in [3.05, 3.63) is 30.1 Å². The molecule has 0 bridgehead atoms. The summed E-state index contributed by atoms with van der Waals surface area (Å²) >= 11 is 0. The number of nitrogens with one attached hydrogen (secondary N) is 1. The summed E-state index contributed by atoms with van der Waals surface area (Å²) in [6, 6.07) is 3.41. The van der Waals surface area contributed by atoms with Crippen LogP contribution in [-0.2, 0) is 10.3 Å². The molecule has 0 aliphatic carbocycles. The van der Waals surface area contributed by atoms with Crippen LogP contribution in [-0.4, -0.2) is 34.3 Å². The van der Waals surface area contributed by atoms with Crippen LogP contribution >= 0.6 is 0 Å². The topological polar surface area (TPSA) is 82.5 Å². The summed E-state index contributed by atoms with van der Waals surface area (Å²) < 4.78 is 0. The molecule has 0 aliphatic heterocycles. The second-order valence-electron chi connectivity index (χ2n) is 3.68. The van der Waals surface area contributed by atoms with Gasteiger partial charge in [0.15, 0.2) is 0 Å². The Labute approximate surface area is 94.1 Å². The lowest BCUT2D eigenvalue weighted by Gasteiger charge is -2.26. The zero-order valence-corrected chi connectivity index (χ0v) is 9.18. The van der Waals surface area contributed by atoms with Crippen molar-refractivity contribution < 1.29 is 15.0 Å². The minimum Gasteiger partial charge on any atom is -0.480 e. The number of rotatable bonds is 6. The number of carbonyl (C=O) groups is 1. The molecule has 1 heterocycles. The Kier molecular flexibility index (Phi) is 4.39. The Balaban J connectivity index is 2.85. The fourth-order valence-corrected chi connectivity index (χ4v) is 1.38. The van der Waals surface area contributed by atoms with E-state index in [1.807, 2.05) is 0 Å². The van der Waals surface area contributed by atoms with Gasteiger partial charge in [-0.25, -0.2) is 4.79 Å². The number of hydrogen-bond donors (Lipinski definition) is 3. The van der Waals surface area contributed by atoms with Crippen LogP contribution in [0.25, 0.3) is 0 Å². The molecule has 0 spiro atoms. The number of pyridine rings is 1. The molecule has 0 aromatic carbocycles. The minimum absolute atomic E-state index is 0.0374. The largest absolute Gasteiger partial charge is 0.480 e. The molecule has 5 nitrogen and oxygen atoms in total. The first-order valence-corrected chi connectivity index (χ1v) is 5.11. The van der Waals surface area contributed by atoms with Gasteiger partial charge in [-0.3, -0.25) is 10.3 Å². The zero-order chi connectivity index (χ0) is 12.0. The lowest BCUT2D eigenvalue weighted by atomic mass is 9.93. The van der Waals surface area contributed by atoms with Crippen LogP contribution in [0.15, 0.2) is 24.5 Å². The van der Waals surface area contributed by atoms with Crippen LogP contribution in [0.3, 0.4) is 0 Å². The minimum atomic E-state index is -1.16. The van der Waals surface area contributed by atoms with Crippen LogP contribution in [0.4, 0.5) is 0 Å². The first-order chi connectivity index (χ1) is 7.61. The Morgan fingerprint density at radius 1 is 1.62 bits per heavy atom. The van der Waals surface area contributed by atoms with Gasteiger partial charge >= 0.3 is 5.97 Å². The van der Waals surface area contributed by atoms with Gasteiger partial charge in [0, 0.05) is 24.6 Å². The van der Waals surface area contributed by atoms with Gasteiger partial charge in [0.1, 0.15) is 5.54 Å². The predicted octanol–water partition coefficient (Wildman–Crippen LogP) is 0.353. The SMILES string of the molecule is CC(NCCCO)(C(=O)O)c1cccnc1. The predicted molar refractivity (Wildman–Crippen MR) is 58.9 cm³/mol. The standard InChI is InChI=1S/C11H16N2O3/c1-11(10(15)16,13-6-3-7-14)9-4-2-5-12-8-9/h2,4-5,8,13-14H,3,6-7H2,1H3,(H,15,16). The monoisotopic (exact) mass is 224 g/mol. The number of nitrogens with zero attached hydrogens (tertiary/aromatic N) is 1. The highest BCUT2D eigenvalue weighted by Gasteiger charge is 2.34. The second-order valence-corrected chi connectivity index (χ2v) is 3.68. The van der Waals surface area contributed by atoms with E-state index in [0.717, 1.165) is 0 Å². The Morgan fingerprint density at radius 3 is 2.88 bits per heavy atom. The number of aliphatic hydroxyl groups excluding tert-OH is 1. The molecule has 1 unspecified atom stereocenters. The summed E-state index contributed by atoms with van der Waals surface area (Å²) in [7, 11) is 0. The summed E-state index contributed by atoms with van der Waals surface area (Å²) in [5.74, 6) is -0.960. The van der Waals surface area contributed by atoms with E-state index in [2.05, 4.69) is 10.3 Å². The van der Waals surface area contributed by atoms with Crippen molar-refractivity contribution >= 4 is 5.97 Å². The molecule has 0 amide bonds. The van der Waals surface area contributed by atoms with E-state index in [9.17, 15) is 9.90 Å². The summed E-state index contributed by atoms with van der Waals surface area (Å²) in [4.78, 5) is 15.2. The highest BCUT2D eigenvalue weighted by Crippen LogP contribution is 2.19. The van der Waals surface area contributed by atoms with E-state index in [1.54, 1.807) is 25.3 Å². The van der Waals surface area contributed by atoms with Gasteiger partial charge in [0.2, 0.25) is 0 Å². The normalized spacial score (nSPS) is 14.4. The van der Waals surface area contributed by atoms with Crippen molar-refractivity contribution in [2.75, 3.05) is 13.2 Å². The van der Waals surface area contributed by atoms with Gasteiger partial charge in [-0.15, -0.1) is 0 Å². The first-order valence-electron chi connectivity index (χ1n) is 5.11. The number of hydrogen-bond acceptors (Lipinski definition) is 4. The Morgan fingerprint density at radius 2 is 2.38 bits per heavy atom. The van der Waals surface area contributed by atoms with E-state index in [-0.39, 0.29) is 6.61 Å². The molecule has 0 saturated carbocycles. The molecule has 3 N–H and O–H groups in total. The Bertz CT molecular complexity index is 342. The molecule has 1 aromatic rings. The van der Waals surface area contributed by atoms with Crippen molar-refractivity contribution in [3.8, 4) is 0 Å². The van der Waals surface area contributed by atoms with Gasteiger partial charge in [-0.05, 0) is 26.0 Å². The Hall–Kier alpha value is -1.46. The molecule has 5 heteroatoms. The maximum absolute atomic E-state index is 11.3. The van der Waals surface area contributed by atoms with Crippen molar-refractivity contribution in [1.29, 1.82) is 0 Å². The number of aliphatic hydroxyl groups is 1. The molecule has 1 rings (SSSR count). The highest BCUT2D eigenvalue weighted by atomic mass is 16.4. The van der Waals surface area contributed by atoms with Gasteiger partial charge in [0.25, 0.3) is 0 Å². The molecule has 0 radical (unpaired) electrons. The van der Waals surface area contributed by atoms with Gasteiger partial charge < -0.3 is 10.2 Å². The lowest BCUT2D eigenvalue weighted by Crippen LogP contribution is -2.47. The number of aliphatic carboxylic acids is 1. The average molecular weight is 224 g/mol. The summed E-state index contributed by atoms with van der Waals surface area (Å²) in [5, 5.41) is 20.8. The van der Waals surface area contributed by atoms with Gasteiger partial charge in [-0.2, -0.15) is 0 Å². The number of carboxylic acids is 1. The van der Waals surface area contributed by atoms with E-state index >= 15 is 0 Å². The average Bonchev–Trinajstić information content (AvgIpc) is 2.30. The maximum Gasteiger partial charge on any atom is 0.328 e. The molecule has 1 atom stereocenters.